The zero-order chi connectivity index (χ0) is 13.9. The Morgan fingerprint density at radius 3 is 2.80 bits per heavy atom. The third-order valence-electron chi connectivity index (χ3n) is 3.86. The van der Waals surface area contributed by atoms with Gasteiger partial charge in [-0.1, -0.05) is 18.6 Å². The van der Waals surface area contributed by atoms with E-state index in [4.69, 9.17) is 9.15 Å². The van der Waals surface area contributed by atoms with E-state index < -0.39 is 0 Å². The van der Waals surface area contributed by atoms with Gasteiger partial charge >= 0.3 is 5.63 Å². The van der Waals surface area contributed by atoms with Crippen molar-refractivity contribution in [2.75, 3.05) is 20.2 Å². The Morgan fingerprint density at radius 2 is 2.05 bits per heavy atom. The van der Waals surface area contributed by atoms with Gasteiger partial charge in [0.15, 0.2) is 11.3 Å². The Kier molecular flexibility index (Phi) is 3.74. The van der Waals surface area contributed by atoms with Crippen molar-refractivity contribution < 1.29 is 9.15 Å². The van der Waals surface area contributed by atoms with Crippen LogP contribution in [-0.4, -0.2) is 25.1 Å². The molecular formula is C16H19NO3. The number of ether oxygens (including phenoxy) is 1. The molecule has 0 amide bonds. The minimum absolute atomic E-state index is 0.257. The Bertz CT molecular complexity index is 656. The zero-order valence-electron chi connectivity index (χ0n) is 11.7. The highest BCUT2D eigenvalue weighted by molar-refractivity contribution is 5.82. The average molecular weight is 273 g/mol. The summed E-state index contributed by atoms with van der Waals surface area (Å²) in [5, 5.41) is 0.913. The number of para-hydroxylation sites is 1. The molecule has 0 aliphatic carbocycles. The molecule has 0 unspecified atom stereocenters. The molecule has 0 spiro atoms. The lowest BCUT2D eigenvalue weighted by atomic mass is 10.1. The summed E-state index contributed by atoms with van der Waals surface area (Å²) in [7, 11) is 1.58. The topological polar surface area (TPSA) is 42.7 Å². The number of piperidine rings is 1. The van der Waals surface area contributed by atoms with E-state index in [1.165, 1.54) is 19.3 Å². The normalized spacial score (nSPS) is 16.4. The van der Waals surface area contributed by atoms with E-state index in [2.05, 4.69) is 4.90 Å². The average Bonchev–Trinajstić information content (AvgIpc) is 2.48. The summed E-state index contributed by atoms with van der Waals surface area (Å²) in [5.41, 5.74) is 1.00. The zero-order valence-corrected chi connectivity index (χ0v) is 11.7. The second-order valence-corrected chi connectivity index (χ2v) is 5.27. The number of likely N-dealkylation sites (tertiary alicyclic amines) is 1. The number of hydrogen-bond donors (Lipinski definition) is 0. The van der Waals surface area contributed by atoms with Gasteiger partial charge in [0.2, 0.25) is 0 Å². The molecule has 0 N–H and O–H groups in total. The highest BCUT2D eigenvalue weighted by Gasteiger charge is 2.14. The molecule has 0 bridgehead atoms. The van der Waals surface area contributed by atoms with Crippen molar-refractivity contribution in [2.24, 2.45) is 0 Å². The molecule has 2 heterocycles. The molecule has 106 valence electrons. The monoisotopic (exact) mass is 273 g/mol. The maximum atomic E-state index is 12.1. The predicted octanol–water partition coefficient (Wildman–Crippen LogP) is 2.79. The van der Waals surface area contributed by atoms with Crippen molar-refractivity contribution in [3.8, 4) is 5.75 Å². The summed E-state index contributed by atoms with van der Waals surface area (Å²) in [6.45, 7) is 2.81. The van der Waals surface area contributed by atoms with E-state index in [1.54, 1.807) is 13.2 Å². The molecule has 1 aromatic carbocycles. The van der Waals surface area contributed by atoms with Gasteiger partial charge in [0.05, 0.1) is 12.7 Å². The number of nitrogens with zero attached hydrogens (tertiary/aromatic N) is 1. The fraction of sp³-hybridized carbons (Fsp3) is 0.438. The highest BCUT2D eigenvalue weighted by Crippen LogP contribution is 2.24. The number of methoxy groups -OCH3 is 1. The SMILES string of the molecule is COc1cccc2cc(CN3CCCCC3)c(=O)oc12. The molecule has 0 saturated carbocycles. The van der Waals surface area contributed by atoms with Crippen molar-refractivity contribution in [1.29, 1.82) is 0 Å². The molecule has 20 heavy (non-hydrogen) atoms. The Hall–Kier alpha value is -1.81. The number of hydrogen-bond acceptors (Lipinski definition) is 4. The van der Waals surface area contributed by atoms with Gasteiger partial charge in [0.1, 0.15) is 0 Å². The molecule has 3 rings (SSSR count). The molecule has 1 aliphatic rings. The van der Waals surface area contributed by atoms with E-state index in [0.29, 0.717) is 17.9 Å². The Morgan fingerprint density at radius 1 is 1.25 bits per heavy atom. The summed E-state index contributed by atoms with van der Waals surface area (Å²) in [6.07, 6.45) is 3.72. The van der Waals surface area contributed by atoms with E-state index in [9.17, 15) is 4.79 Å². The number of fused-ring (bicyclic) bond motifs is 1. The molecule has 4 nitrogen and oxygen atoms in total. The summed E-state index contributed by atoms with van der Waals surface area (Å²) < 4.78 is 10.7. The third-order valence-corrected chi connectivity index (χ3v) is 3.86. The molecule has 2 aromatic rings. The second-order valence-electron chi connectivity index (χ2n) is 5.27. The van der Waals surface area contributed by atoms with Crippen LogP contribution < -0.4 is 10.4 Å². The minimum atomic E-state index is -0.257. The lowest BCUT2D eigenvalue weighted by molar-refractivity contribution is 0.218. The first-order valence-electron chi connectivity index (χ1n) is 7.10. The van der Waals surface area contributed by atoms with Crippen molar-refractivity contribution in [2.45, 2.75) is 25.8 Å². The quantitative estimate of drug-likeness (QED) is 0.806. The fourth-order valence-corrected chi connectivity index (χ4v) is 2.79. The Labute approximate surface area is 118 Å². The standard InChI is InChI=1S/C16H19NO3/c1-19-14-7-5-6-12-10-13(16(18)20-15(12)14)11-17-8-3-2-4-9-17/h5-7,10H,2-4,8-9,11H2,1H3. The van der Waals surface area contributed by atoms with Gasteiger partial charge in [-0.15, -0.1) is 0 Å². The number of rotatable bonds is 3. The van der Waals surface area contributed by atoms with Gasteiger partial charge in [-0.2, -0.15) is 0 Å². The first-order valence-corrected chi connectivity index (χ1v) is 7.10. The van der Waals surface area contributed by atoms with Gasteiger partial charge < -0.3 is 9.15 Å². The summed E-state index contributed by atoms with van der Waals surface area (Å²) in [4.78, 5) is 14.4. The minimum Gasteiger partial charge on any atom is -0.493 e. The third kappa shape index (κ3) is 2.56. The summed E-state index contributed by atoms with van der Waals surface area (Å²) in [5.74, 6) is 0.601. The molecule has 1 aliphatic heterocycles. The van der Waals surface area contributed by atoms with Crippen LogP contribution in [0.25, 0.3) is 11.0 Å². The lowest BCUT2D eigenvalue weighted by Gasteiger charge is -2.25. The smallest absolute Gasteiger partial charge is 0.340 e. The second kappa shape index (κ2) is 5.67. The molecule has 0 radical (unpaired) electrons. The fourth-order valence-electron chi connectivity index (χ4n) is 2.79. The van der Waals surface area contributed by atoms with E-state index >= 15 is 0 Å². The largest absolute Gasteiger partial charge is 0.493 e. The van der Waals surface area contributed by atoms with Gasteiger partial charge in [-0.05, 0) is 38.1 Å². The van der Waals surface area contributed by atoms with Crippen molar-refractivity contribution in [3.05, 3.63) is 40.2 Å². The van der Waals surface area contributed by atoms with Crippen LogP contribution >= 0.6 is 0 Å². The van der Waals surface area contributed by atoms with E-state index in [0.717, 1.165) is 24.0 Å². The van der Waals surface area contributed by atoms with Crippen molar-refractivity contribution in [3.63, 3.8) is 0 Å². The van der Waals surface area contributed by atoms with Crippen LogP contribution in [0.5, 0.6) is 5.75 Å². The van der Waals surface area contributed by atoms with Gasteiger partial charge in [-0.3, -0.25) is 4.90 Å². The lowest BCUT2D eigenvalue weighted by Crippen LogP contribution is -2.31. The van der Waals surface area contributed by atoms with E-state index in [-0.39, 0.29) is 5.63 Å². The molecule has 1 fully saturated rings. The first-order chi connectivity index (χ1) is 9.78. The van der Waals surface area contributed by atoms with Crippen LogP contribution in [0.4, 0.5) is 0 Å². The van der Waals surface area contributed by atoms with E-state index in [1.807, 2.05) is 18.2 Å². The summed E-state index contributed by atoms with van der Waals surface area (Å²) >= 11 is 0. The van der Waals surface area contributed by atoms with Gasteiger partial charge in [-0.25, -0.2) is 4.79 Å². The molecule has 4 heteroatoms. The maximum Gasteiger partial charge on any atom is 0.340 e. The summed E-state index contributed by atoms with van der Waals surface area (Å²) in [6, 6.07) is 7.58. The van der Waals surface area contributed by atoms with Crippen molar-refractivity contribution >= 4 is 11.0 Å². The van der Waals surface area contributed by atoms with Crippen molar-refractivity contribution in [1.82, 2.24) is 4.90 Å². The number of benzene rings is 1. The van der Waals surface area contributed by atoms with Gasteiger partial charge in [0.25, 0.3) is 0 Å². The van der Waals surface area contributed by atoms with Crippen LogP contribution in [0.3, 0.4) is 0 Å². The Balaban J connectivity index is 1.95. The maximum absolute atomic E-state index is 12.1. The van der Waals surface area contributed by atoms with Crippen LogP contribution in [0.1, 0.15) is 24.8 Å². The first kappa shape index (κ1) is 13.2. The van der Waals surface area contributed by atoms with Crippen LogP contribution in [0.15, 0.2) is 33.5 Å². The molecule has 0 atom stereocenters. The van der Waals surface area contributed by atoms with Gasteiger partial charge in [0, 0.05) is 11.9 Å². The molecule has 1 saturated heterocycles. The highest BCUT2D eigenvalue weighted by atomic mass is 16.5. The predicted molar refractivity (Wildman–Crippen MR) is 78.2 cm³/mol. The molecular weight excluding hydrogens is 254 g/mol. The van der Waals surface area contributed by atoms with Crippen LogP contribution in [0.2, 0.25) is 0 Å². The molecule has 1 aromatic heterocycles. The van der Waals surface area contributed by atoms with Crippen LogP contribution in [-0.2, 0) is 6.54 Å². The van der Waals surface area contributed by atoms with Crippen LogP contribution in [0, 0.1) is 0 Å².